The van der Waals surface area contributed by atoms with E-state index in [0.717, 1.165) is 32.1 Å². The minimum absolute atomic E-state index is 0. The van der Waals surface area contributed by atoms with Crippen LogP contribution in [0.15, 0.2) is 0 Å². The van der Waals surface area contributed by atoms with E-state index in [4.69, 9.17) is 18.9 Å². The second-order valence-corrected chi connectivity index (χ2v) is 18.7. The zero-order chi connectivity index (χ0) is 37.7. The first-order valence-corrected chi connectivity index (χ1v) is 19.5. The third kappa shape index (κ3) is 10.9. The van der Waals surface area contributed by atoms with Crippen LogP contribution in [0.3, 0.4) is 0 Å². The van der Waals surface area contributed by atoms with Gasteiger partial charge in [-0.1, -0.05) is 71.2 Å². The molecule has 13 unspecified atom stereocenters. The van der Waals surface area contributed by atoms with Gasteiger partial charge in [-0.2, -0.15) is 0 Å². The topological polar surface area (TPSA) is 122 Å². The molecule has 5 fully saturated rings. The summed E-state index contributed by atoms with van der Waals surface area (Å²) >= 11 is 0. The maximum absolute atomic E-state index is 12.9. The van der Waals surface area contributed by atoms with Crippen molar-refractivity contribution in [1.29, 1.82) is 0 Å². The summed E-state index contributed by atoms with van der Waals surface area (Å²) in [7, 11) is 0. The highest BCUT2D eigenvalue weighted by atomic mass is 16.6. The number of ether oxygens (including phenoxy) is 4. The van der Waals surface area contributed by atoms with E-state index in [-0.39, 0.29) is 95.1 Å². The van der Waals surface area contributed by atoms with Gasteiger partial charge < -0.3 is 18.9 Å². The molecule has 9 nitrogen and oxygen atoms in total. The van der Waals surface area contributed by atoms with Crippen molar-refractivity contribution in [2.24, 2.45) is 76.9 Å². The van der Waals surface area contributed by atoms with Crippen LogP contribution in [0.25, 0.3) is 0 Å². The number of carbonyl (C=O) groups is 5. The number of esters is 5. The highest BCUT2D eigenvalue weighted by Crippen LogP contribution is 2.73. The maximum Gasteiger partial charge on any atom is 0.317 e. The molecule has 0 amide bonds. The van der Waals surface area contributed by atoms with E-state index in [9.17, 15) is 24.0 Å². The van der Waals surface area contributed by atoms with Gasteiger partial charge in [0.05, 0.1) is 29.6 Å². The zero-order valence-electron chi connectivity index (χ0n) is 33.1. The lowest BCUT2D eigenvalue weighted by Gasteiger charge is -2.45. The molecule has 4 aliphatic carbocycles. The van der Waals surface area contributed by atoms with E-state index < -0.39 is 16.8 Å². The van der Waals surface area contributed by atoms with E-state index >= 15 is 0 Å². The summed E-state index contributed by atoms with van der Waals surface area (Å²) < 4.78 is 21.9. The lowest BCUT2D eigenvalue weighted by molar-refractivity contribution is -0.168. The van der Waals surface area contributed by atoms with Crippen molar-refractivity contribution in [2.45, 2.75) is 181 Å². The molecule has 54 heavy (non-hydrogen) atoms. The van der Waals surface area contributed by atoms with Gasteiger partial charge in [0.25, 0.3) is 0 Å². The number of fused-ring (bicyclic) bond motifs is 9. The summed E-state index contributed by atoms with van der Waals surface area (Å²) in [6.07, 6.45) is 6.10. The molecule has 1 saturated heterocycles. The first-order valence-electron chi connectivity index (χ1n) is 19.5. The van der Waals surface area contributed by atoms with E-state index in [1.54, 1.807) is 0 Å². The Balaban J connectivity index is 0.00000100. The molecule has 0 aromatic rings. The normalized spacial score (nSPS) is 32.9. The molecule has 9 heteroatoms. The van der Waals surface area contributed by atoms with E-state index in [1.165, 1.54) is 0 Å². The molecule has 0 aromatic heterocycles. The van der Waals surface area contributed by atoms with E-state index in [2.05, 4.69) is 6.92 Å². The molecule has 13 atom stereocenters. The van der Waals surface area contributed by atoms with Crippen LogP contribution in [0.2, 0.25) is 0 Å². The van der Waals surface area contributed by atoms with Crippen molar-refractivity contribution in [3.8, 4) is 0 Å². The van der Waals surface area contributed by atoms with Gasteiger partial charge in [0.1, 0.15) is 16.8 Å². The third-order valence-electron chi connectivity index (χ3n) is 13.1. The highest BCUT2D eigenvalue weighted by molar-refractivity contribution is 5.96. The highest BCUT2D eigenvalue weighted by Gasteiger charge is 2.70. The Bertz CT molecular complexity index is 1260. The smallest absolute Gasteiger partial charge is 0.317 e. The number of rotatable bonds is 11. The van der Waals surface area contributed by atoms with Gasteiger partial charge in [0.2, 0.25) is 0 Å². The number of hydrogen-bond donors (Lipinski definition) is 0. The Labute approximate surface area is 330 Å². The largest absolute Gasteiger partial charge is 0.460 e. The lowest BCUT2D eigenvalue weighted by Crippen LogP contribution is -2.45. The fourth-order valence-corrected chi connectivity index (χ4v) is 10.1. The maximum atomic E-state index is 12.9. The number of carbonyl (C=O) groups excluding carboxylic acids is 5. The van der Waals surface area contributed by atoms with Crippen molar-refractivity contribution in [3.63, 3.8) is 0 Å². The second kappa shape index (κ2) is 19.1. The SMILES string of the molecule is C.C.C.C.CC1C(=O)OC(=O)C1C1C(C)C2CC1C1C3CC(CC3C(=O)OC(C)(C)C)C21.CCC(C)C(=O)OC(C)(C)CCC(C)(C)OC(=O)C(C)CC. The molecule has 0 aromatic carbocycles. The van der Waals surface area contributed by atoms with Gasteiger partial charge in [0, 0.05) is 0 Å². The van der Waals surface area contributed by atoms with Crippen LogP contribution >= 0.6 is 0 Å². The van der Waals surface area contributed by atoms with Gasteiger partial charge in [-0.15, -0.1) is 0 Å². The summed E-state index contributed by atoms with van der Waals surface area (Å²) in [5, 5.41) is 0. The minimum atomic E-state index is -0.555. The quantitative estimate of drug-likeness (QED) is 0.0875. The molecule has 5 rings (SSSR count). The third-order valence-corrected chi connectivity index (χ3v) is 13.1. The zero-order valence-corrected chi connectivity index (χ0v) is 33.1. The monoisotopic (exact) mass is 767 g/mol. The fraction of sp³-hybridized carbons (Fsp3) is 0.889. The molecule has 5 aliphatic rings. The summed E-state index contributed by atoms with van der Waals surface area (Å²) in [6, 6.07) is 0. The van der Waals surface area contributed by atoms with Crippen LogP contribution in [0.4, 0.5) is 0 Å². The van der Waals surface area contributed by atoms with E-state index in [0.29, 0.717) is 54.3 Å². The number of cyclic esters (lactones) is 2. The molecule has 1 aliphatic heterocycles. The van der Waals surface area contributed by atoms with E-state index in [1.807, 2.05) is 83.1 Å². The molecule has 0 spiro atoms. The predicted molar refractivity (Wildman–Crippen MR) is 216 cm³/mol. The average Bonchev–Trinajstić information content (AvgIpc) is 3.81. The predicted octanol–water partition coefficient (Wildman–Crippen LogP) is 10.5. The van der Waals surface area contributed by atoms with Gasteiger partial charge >= 0.3 is 29.8 Å². The van der Waals surface area contributed by atoms with Gasteiger partial charge in [-0.05, 0) is 141 Å². The standard InChI is InChI=1S/C23H32O5.C18H34O4.4CH4/c1-9-12-8-15(16(9)17-10(2)20(24)27-22(17)26)19-13-6-11(18(12)19)7-14(13)21(25)28-23(3,4)5;1-9-13(3)15(19)21-17(5,6)11-12-18(7,8)22-16(20)14(4)10-2;;;;/h9-19H,6-8H2,1-5H3;13-14H,9-12H2,1-8H3;4*1H4. The summed E-state index contributed by atoms with van der Waals surface area (Å²) in [6.45, 7) is 25.2. The molecule has 1 heterocycles. The minimum Gasteiger partial charge on any atom is -0.460 e. The van der Waals surface area contributed by atoms with Crippen LogP contribution in [-0.4, -0.2) is 46.6 Å². The molecular formula is C45H82O9. The first-order chi connectivity index (χ1) is 23.0. The molecule has 4 saturated carbocycles. The van der Waals surface area contributed by atoms with Crippen LogP contribution in [0.5, 0.6) is 0 Å². The Kier molecular flexibility index (Phi) is 18.3. The Hall–Kier alpha value is -2.45. The van der Waals surface area contributed by atoms with Gasteiger partial charge in [-0.25, -0.2) is 0 Å². The van der Waals surface area contributed by atoms with Crippen molar-refractivity contribution >= 4 is 29.8 Å². The summed E-state index contributed by atoms with van der Waals surface area (Å²) in [4.78, 5) is 61.1. The summed E-state index contributed by atoms with van der Waals surface area (Å²) in [5.41, 5.74) is -1.56. The van der Waals surface area contributed by atoms with Crippen LogP contribution in [0, 0.1) is 76.9 Å². The van der Waals surface area contributed by atoms with Gasteiger partial charge in [0.15, 0.2) is 0 Å². The Morgan fingerprint density at radius 1 is 0.667 bits per heavy atom. The molecule has 316 valence electrons. The van der Waals surface area contributed by atoms with Gasteiger partial charge in [-0.3, -0.25) is 24.0 Å². The van der Waals surface area contributed by atoms with Crippen molar-refractivity contribution in [2.75, 3.05) is 0 Å². The number of hydrogen-bond acceptors (Lipinski definition) is 9. The van der Waals surface area contributed by atoms with Crippen LogP contribution in [-0.2, 0) is 42.9 Å². The molecular weight excluding hydrogens is 684 g/mol. The molecule has 4 bridgehead atoms. The van der Waals surface area contributed by atoms with Crippen molar-refractivity contribution in [1.82, 2.24) is 0 Å². The Morgan fingerprint density at radius 2 is 1.15 bits per heavy atom. The second-order valence-electron chi connectivity index (χ2n) is 18.7. The van der Waals surface area contributed by atoms with Crippen LogP contribution in [0.1, 0.15) is 165 Å². The lowest BCUT2D eigenvalue weighted by atomic mass is 9.58. The van der Waals surface area contributed by atoms with Crippen LogP contribution < -0.4 is 0 Å². The fourth-order valence-electron chi connectivity index (χ4n) is 10.1. The molecule has 0 radical (unpaired) electrons. The molecule has 0 N–H and O–H groups in total. The Morgan fingerprint density at radius 3 is 1.56 bits per heavy atom. The van der Waals surface area contributed by atoms with Crippen molar-refractivity contribution in [3.05, 3.63) is 0 Å². The summed E-state index contributed by atoms with van der Waals surface area (Å²) in [5.74, 6) is 2.14. The average molecular weight is 767 g/mol. The first kappa shape index (κ1) is 51.5. The van der Waals surface area contributed by atoms with Crippen molar-refractivity contribution < 1.29 is 42.9 Å².